The number of hydrogen-bond acceptors (Lipinski definition) is 4. The average Bonchev–Trinajstić information content (AvgIpc) is 2.42. The molecule has 0 aliphatic rings. The Morgan fingerprint density at radius 2 is 1.91 bits per heavy atom. The predicted octanol–water partition coefficient (Wildman–Crippen LogP) is 1.03. The fourth-order valence-electron chi connectivity index (χ4n) is 1.77. The van der Waals surface area contributed by atoms with E-state index in [2.05, 4.69) is 10.6 Å². The van der Waals surface area contributed by atoms with E-state index in [1.54, 1.807) is 24.3 Å². The third-order valence-electron chi connectivity index (χ3n) is 2.70. The van der Waals surface area contributed by atoms with Gasteiger partial charge in [-0.25, -0.2) is 13.2 Å². The van der Waals surface area contributed by atoms with E-state index in [4.69, 9.17) is 5.26 Å². The predicted molar refractivity (Wildman–Crippen MR) is 85.0 cm³/mol. The van der Waals surface area contributed by atoms with Crippen LogP contribution in [0.2, 0.25) is 0 Å². The smallest absolute Gasteiger partial charge is 0.315 e. The first kappa shape index (κ1) is 17.8. The molecule has 0 spiro atoms. The normalized spacial score (nSPS) is 10.9. The maximum absolute atomic E-state index is 11.9. The van der Waals surface area contributed by atoms with Gasteiger partial charge in [0.2, 0.25) is 10.0 Å². The molecule has 120 valence electrons. The summed E-state index contributed by atoms with van der Waals surface area (Å²) in [7, 11) is -3.48. The van der Waals surface area contributed by atoms with Gasteiger partial charge in [-0.2, -0.15) is 5.26 Å². The molecule has 8 heteroatoms. The van der Waals surface area contributed by atoms with Gasteiger partial charge in [-0.1, -0.05) is 0 Å². The summed E-state index contributed by atoms with van der Waals surface area (Å²) in [5.41, 5.74) is 0.902. The lowest BCUT2D eigenvalue weighted by Gasteiger charge is -2.22. The van der Waals surface area contributed by atoms with Crippen molar-refractivity contribution in [1.82, 2.24) is 10.6 Å². The summed E-state index contributed by atoms with van der Waals surface area (Å²) < 4.78 is 24.9. The molecular weight excluding hydrogens is 304 g/mol. The minimum Gasteiger partial charge on any atom is -0.336 e. The van der Waals surface area contributed by atoms with Crippen LogP contribution in [0.3, 0.4) is 0 Å². The van der Waals surface area contributed by atoms with Crippen LogP contribution < -0.4 is 14.9 Å². The monoisotopic (exact) mass is 324 g/mol. The van der Waals surface area contributed by atoms with Gasteiger partial charge in [-0.05, 0) is 38.1 Å². The molecule has 2 N–H and O–H groups in total. The molecule has 1 rings (SSSR count). The first-order valence-corrected chi connectivity index (χ1v) is 8.61. The van der Waals surface area contributed by atoms with Crippen molar-refractivity contribution in [3.05, 3.63) is 29.8 Å². The SMILES string of the molecule is CC(C)NC(=O)NCCN(c1ccc(C#N)cc1)S(C)(=O)=O. The van der Waals surface area contributed by atoms with E-state index in [1.165, 1.54) is 4.31 Å². The molecule has 0 aliphatic heterocycles. The van der Waals surface area contributed by atoms with Crippen LogP contribution in [0.5, 0.6) is 0 Å². The number of urea groups is 1. The largest absolute Gasteiger partial charge is 0.336 e. The highest BCUT2D eigenvalue weighted by atomic mass is 32.2. The molecule has 2 amide bonds. The van der Waals surface area contributed by atoms with Gasteiger partial charge >= 0.3 is 6.03 Å². The Morgan fingerprint density at radius 3 is 2.36 bits per heavy atom. The summed E-state index contributed by atoms with van der Waals surface area (Å²) in [4.78, 5) is 11.5. The number of nitrogens with zero attached hydrogens (tertiary/aromatic N) is 2. The Morgan fingerprint density at radius 1 is 1.32 bits per heavy atom. The number of carbonyl (C=O) groups excluding carboxylic acids is 1. The van der Waals surface area contributed by atoms with Gasteiger partial charge in [-0.3, -0.25) is 4.31 Å². The molecule has 0 radical (unpaired) electrons. The Kier molecular flexibility index (Phi) is 6.19. The van der Waals surface area contributed by atoms with E-state index in [0.717, 1.165) is 6.26 Å². The lowest BCUT2D eigenvalue weighted by molar-refractivity contribution is 0.239. The third-order valence-corrected chi connectivity index (χ3v) is 3.90. The quantitative estimate of drug-likeness (QED) is 0.816. The first-order valence-electron chi connectivity index (χ1n) is 6.76. The number of anilines is 1. The van der Waals surface area contributed by atoms with E-state index in [1.807, 2.05) is 19.9 Å². The molecule has 0 fully saturated rings. The van der Waals surface area contributed by atoms with Gasteiger partial charge in [0.15, 0.2) is 0 Å². The molecule has 1 aromatic carbocycles. The number of sulfonamides is 1. The van der Waals surface area contributed by atoms with Gasteiger partial charge in [0.05, 0.1) is 30.1 Å². The summed E-state index contributed by atoms with van der Waals surface area (Å²) in [6, 6.07) is 7.86. The molecule has 0 atom stereocenters. The Hall–Kier alpha value is -2.27. The maximum Gasteiger partial charge on any atom is 0.315 e. The fraction of sp³-hybridized carbons (Fsp3) is 0.429. The highest BCUT2D eigenvalue weighted by Gasteiger charge is 2.17. The lowest BCUT2D eigenvalue weighted by Crippen LogP contribution is -2.43. The van der Waals surface area contributed by atoms with Crippen LogP contribution in [-0.4, -0.2) is 39.8 Å². The second-order valence-corrected chi connectivity index (χ2v) is 6.96. The number of nitrogens with one attached hydrogen (secondary N) is 2. The van der Waals surface area contributed by atoms with Gasteiger partial charge in [0.25, 0.3) is 0 Å². The number of rotatable bonds is 6. The van der Waals surface area contributed by atoms with Gasteiger partial charge < -0.3 is 10.6 Å². The van der Waals surface area contributed by atoms with E-state index in [-0.39, 0.29) is 25.2 Å². The zero-order valence-corrected chi connectivity index (χ0v) is 13.6. The van der Waals surface area contributed by atoms with Gasteiger partial charge in [-0.15, -0.1) is 0 Å². The Labute approximate surface area is 131 Å². The summed E-state index contributed by atoms with van der Waals surface area (Å²) in [6.45, 7) is 3.94. The topological polar surface area (TPSA) is 102 Å². The fourth-order valence-corrected chi connectivity index (χ4v) is 2.70. The molecule has 0 heterocycles. The molecule has 0 aliphatic carbocycles. The van der Waals surface area contributed by atoms with Crippen molar-refractivity contribution in [2.75, 3.05) is 23.7 Å². The summed E-state index contributed by atoms with van der Waals surface area (Å²) in [5, 5.41) is 14.0. The van der Waals surface area contributed by atoms with E-state index in [9.17, 15) is 13.2 Å². The highest BCUT2D eigenvalue weighted by molar-refractivity contribution is 7.92. The summed E-state index contributed by atoms with van der Waals surface area (Å²) >= 11 is 0. The number of benzene rings is 1. The van der Waals surface area contributed by atoms with E-state index < -0.39 is 10.0 Å². The summed E-state index contributed by atoms with van der Waals surface area (Å²) in [6.07, 6.45) is 1.10. The standard InChI is InChI=1S/C14H20N4O3S/c1-11(2)17-14(19)16-8-9-18(22(3,20)21)13-6-4-12(10-15)5-7-13/h4-7,11H,8-9H2,1-3H3,(H2,16,17,19). The van der Waals surface area contributed by atoms with Crippen LogP contribution in [0.15, 0.2) is 24.3 Å². The van der Waals surface area contributed by atoms with Crippen LogP contribution >= 0.6 is 0 Å². The van der Waals surface area contributed by atoms with Crippen molar-refractivity contribution in [3.63, 3.8) is 0 Å². The molecule has 0 bridgehead atoms. The number of carbonyl (C=O) groups is 1. The minimum absolute atomic E-state index is 0.00420. The molecule has 1 aromatic rings. The van der Waals surface area contributed by atoms with E-state index in [0.29, 0.717) is 11.3 Å². The van der Waals surface area contributed by atoms with Crippen LogP contribution in [0, 0.1) is 11.3 Å². The van der Waals surface area contributed by atoms with Crippen LogP contribution in [0.4, 0.5) is 10.5 Å². The van der Waals surface area contributed by atoms with Crippen molar-refractivity contribution >= 4 is 21.7 Å². The van der Waals surface area contributed by atoms with Crippen molar-refractivity contribution in [2.24, 2.45) is 0 Å². The van der Waals surface area contributed by atoms with Crippen molar-refractivity contribution in [3.8, 4) is 6.07 Å². The average molecular weight is 324 g/mol. The van der Waals surface area contributed by atoms with Gasteiger partial charge in [0.1, 0.15) is 0 Å². The number of nitriles is 1. The molecule has 0 aromatic heterocycles. The lowest BCUT2D eigenvalue weighted by atomic mass is 10.2. The highest BCUT2D eigenvalue weighted by Crippen LogP contribution is 2.17. The number of hydrogen-bond donors (Lipinski definition) is 2. The zero-order valence-electron chi connectivity index (χ0n) is 12.8. The first-order chi connectivity index (χ1) is 10.2. The van der Waals surface area contributed by atoms with Crippen molar-refractivity contribution in [2.45, 2.75) is 19.9 Å². The van der Waals surface area contributed by atoms with Crippen molar-refractivity contribution in [1.29, 1.82) is 5.26 Å². The maximum atomic E-state index is 11.9. The Bertz CT molecular complexity index is 648. The van der Waals surface area contributed by atoms with Crippen LogP contribution in [0.25, 0.3) is 0 Å². The zero-order chi connectivity index (χ0) is 16.8. The molecule has 7 nitrogen and oxygen atoms in total. The number of amides is 2. The third kappa shape index (κ3) is 5.61. The molecular formula is C14H20N4O3S. The second-order valence-electron chi connectivity index (χ2n) is 5.05. The summed E-state index contributed by atoms with van der Waals surface area (Å²) in [5.74, 6) is 0. The van der Waals surface area contributed by atoms with Crippen LogP contribution in [0.1, 0.15) is 19.4 Å². The molecule has 0 unspecified atom stereocenters. The van der Waals surface area contributed by atoms with Crippen LogP contribution in [-0.2, 0) is 10.0 Å². The second kappa shape index (κ2) is 7.66. The van der Waals surface area contributed by atoms with E-state index >= 15 is 0 Å². The van der Waals surface area contributed by atoms with Gasteiger partial charge in [0, 0.05) is 12.6 Å². The molecule has 0 saturated carbocycles. The molecule has 0 saturated heterocycles. The van der Waals surface area contributed by atoms with Crippen molar-refractivity contribution < 1.29 is 13.2 Å². The molecule has 22 heavy (non-hydrogen) atoms. The minimum atomic E-state index is -3.48. The Balaban J connectivity index is 2.74.